The van der Waals surface area contributed by atoms with E-state index in [0.717, 1.165) is 33.2 Å². The van der Waals surface area contributed by atoms with Gasteiger partial charge in [-0.15, -0.1) is 16.4 Å². The van der Waals surface area contributed by atoms with E-state index in [2.05, 4.69) is 31.3 Å². The molecule has 0 saturated carbocycles. The number of carbonyl (C=O) groups is 1. The van der Waals surface area contributed by atoms with Crippen molar-refractivity contribution in [3.05, 3.63) is 101 Å². The number of nitrogens with zero attached hydrogens (tertiary/aromatic N) is 6. The lowest BCUT2D eigenvalue weighted by Crippen LogP contribution is -2.09. The Morgan fingerprint density at radius 3 is 2.70 bits per heavy atom. The molecule has 6 aromatic rings. The number of thiazole rings is 1. The van der Waals surface area contributed by atoms with E-state index in [4.69, 9.17) is 10.7 Å². The van der Waals surface area contributed by atoms with Gasteiger partial charge in [-0.05, 0) is 24.1 Å². The number of pyridine rings is 1. The van der Waals surface area contributed by atoms with Gasteiger partial charge in [0.2, 0.25) is 0 Å². The highest BCUT2D eigenvalue weighted by atomic mass is 32.1. The normalized spacial score (nSPS) is 11.9. The third-order valence-electron chi connectivity index (χ3n) is 6.11. The smallest absolute Gasteiger partial charge is 0.195 e. The topological polar surface area (TPSA) is 103 Å². The molecule has 0 saturated heterocycles. The standard InChI is InChI=1S/C28H21N7OS/c1-18(16-22(36)23-26(29)33-34-15-5-12-31-27(23)34)24-25(20-6-3-2-4-7-20)35-21(17-37-28(35)32-24)9-8-19-10-13-30-14-11-19/h2-7,10-15,17-18H,16H2,1H3,(H2,29,33)/t18-/m1/s1. The molecule has 0 aliphatic heterocycles. The number of hydrogen-bond acceptors (Lipinski definition) is 7. The van der Waals surface area contributed by atoms with Crippen molar-refractivity contribution < 1.29 is 4.79 Å². The number of ketones is 1. The molecule has 1 atom stereocenters. The molecular weight excluding hydrogens is 482 g/mol. The number of imidazole rings is 1. The minimum absolute atomic E-state index is 0.119. The number of carbonyl (C=O) groups excluding carboxylic acids is 1. The number of rotatable bonds is 5. The number of nitrogen functional groups attached to an aromatic ring is 1. The van der Waals surface area contributed by atoms with E-state index in [-0.39, 0.29) is 23.9 Å². The molecule has 0 spiro atoms. The average Bonchev–Trinajstić information content (AvgIpc) is 3.59. The Morgan fingerprint density at radius 1 is 1.08 bits per heavy atom. The number of anilines is 1. The van der Waals surface area contributed by atoms with E-state index < -0.39 is 0 Å². The maximum absolute atomic E-state index is 13.4. The van der Waals surface area contributed by atoms with Crippen molar-refractivity contribution in [2.24, 2.45) is 0 Å². The predicted molar refractivity (Wildman–Crippen MR) is 143 cm³/mol. The molecule has 37 heavy (non-hydrogen) atoms. The van der Waals surface area contributed by atoms with Crippen molar-refractivity contribution in [2.45, 2.75) is 19.3 Å². The second-order valence-corrected chi connectivity index (χ2v) is 9.45. The molecule has 0 aliphatic carbocycles. The summed E-state index contributed by atoms with van der Waals surface area (Å²) >= 11 is 1.53. The summed E-state index contributed by atoms with van der Waals surface area (Å²) in [6, 6.07) is 15.6. The fourth-order valence-electron chi connectivity index (χ4n) is 4.40. The van der Waals surface area contributed by atoms with Gasteiger partial charge >= 0.3 is 0 Å². The lowest BCUT2D eigenvalue weighted by Gasteiger charge is -2.12. The first-order valence-electron chi connectivity index (χ1n) is 11.7. The number of hydrogen-bond donors (Lipinski definition) is 1. The van der Waals surface area contributed by atoms with Gasteiger partial charge in [-0.1, -0.05) is 43.2 Å². The van der Waals surface area contributed by atoms with Gasteiger partial charge in [0, 0.05) is 53.6 Å². The van der Waals surface area contributed by atoms with E-state index in [1.54, 1.807) is 30.9 Å². The average molecular weight is 504 g/mol. The summed E-state index contributed by atoms with van der Waals surface area (Å²) in [5.41, 5.74) is 11.4. The van der Waals surface area contributed by atoms with Crippen LogP contribution in [0.4, 0.5) is 5.82 Å². The van der Waals surface area contributed by atoms with Crippen LogP contribution < -0.4 is 5.73 Å². The van der Waals surface area contributed by atoms with Crippen LogP contribution >= 0.6 is 11.3 Å². The van der Waals surface area contributed by atoms with Crippen LogP contribution in [0.3, 0.4) is 0 Å². The van der Waals surface area contributed by atoms with E-state index in [9.17, 15) is 4.79 Å². The van der Waals surface area contributed by atoms with Crippen molar-refractivity contribution in [2.75, 3.05) is 5.73 Å². The first kappa shape index (κ1) is 22.6. The number of nitrogens with two attached hydrogens (primary N) is 1. The summed E-state index contributed by atoms with van der Waals surface area (Å²) in [6.07, 6.45) is 7.02. The Balaban J connectivity index is 1.42. The van der Waals surface area contributed by atoms with Crippen LogP contribution in [-0.2, 0) is 0 Å². The summed E-state index contributed by atoms with van der Waals surface area (Å²) in [5.74, 6) is 6.38. The monoisotopic (exact) mass is 503 g/mol. The molecule has 9 heteroatoms. The van der Waals surface area contributed by atoms with Gasteiger partial charge in [-0.25, -0.2) is 14.5 Å². The molecule has 5 aromatic heterocycles. The van der Waals surface area contributed by atoms with Crippen molar-refractivity contribution in [3.63, 3.8) is 0 Å². The largest absolute Gasteiger partial charge is 0.382 e. The third kappa shape index (κ3) is 4.13. The Morgan fingerprint density at radius 2 is 1.89 bits per heavy atom. The fourth-order valence-corrected chi connectivity index (χ4v) is 5.23. The Kier molecular flexibility index (Phi) is 5.71. The third-order valence-corrected chi connectivity index (χ3v) is 6.94. The summed E-state index contributed by atoms with van der Waals surface area (Å²) in [6.45, 7) is 2.01. The summed E-state index contributed by atoms with van der Waals surface area (Å²) < 4.78 is 3.61. The second-order valence-electron chi connectivity index (χ2n) is 8.61. The number of benzene rings is 1. The summed E-state index contributed by atoms with van der Waals surface area (Å²) in [7, 11) is 0. The minimum atomic E-state index is -0.186. The second kappa shape index (κ2) is 9.33. The highest BCUT2D eigenvalue weighted by Crippen LogP contribution is 2.35. The van der Waals surface area contributed by atoms with Crippen molar-refractivity contribution in [3.8, 4) is 23.1 Å². The Hall–Kier alpha value is -4.81. The Bertz CT molecular complexity index is 1810. The van der Waals surface area contributed by atoms with E-state index >= 15 is 0 Å². The van der Waals surface area contributed by atoms with Gasteiger partial charge in [0.05, 0.1) is 11.4 Å². The lowest BCUT2D eigenvalue weighted by molar-refractivity contribution is 0.0977. The zero-order valence-corrected chi connectivity index (χ0v) is 20.7. The van der Waals surface area contributed by atoms with Gasteiger partial charge in [0.1, 0.15) is 11.3 Å². The predicted octanol–water partition coefficient (Wildman–Crippen LogP) is 4.86. The summed E-state index contributed by atoms with van der Waals surface area (Å²) in [4.78, 5) is 27.6. The van der Waals surface area contributed by atoms with Crippen LogP contribution in [0.1, 0.15) is 46.6 Å². The Labute approximate surface area is 216 Å². The van der Waals surface area contributed by atoms with E-state index in [1.165, 1.54) is 15.9 Å². The van der Waals surface area contributed by atoms with Crippen molar-refractivity contribution in [1.29, 1.82) is 0 Å². The van der Waals surface area contributed by atoms with Crippen LogP contribution in [0.2, 0.25) is 0 Å². The first-order chi connectivity index (χ1) is 18.1. The van der Waals surface area contributed by atoms with E-state index in [1.807, 2.05) is 54.8 Å². The molecule has 0 aliphatic rings. The molecule has 0 fully saturated rings. The number of Topliss-reactive ketones (excluding diaryl/α,β-unsaturated/α-hetero) is 1. The molecule has 180 valence electrons. The number of fused-ring (bicyclic) bond motifs is 2. The molecule has 5 heterocycles. The highest BCUT2D eigenvalue weighted by molar-refractivity contribution is 7.15. The molecule has 0 unspecified atom stereocenters. The maximum Gasteiger partial charge on any atom is 0.195 e. The molecule has 8 nitrogen and oxygen atoms in total. The van der Waals surface area contributed by atoms with Crippen LogP contribution in [-0.4, -0.2) is 34.7 Å². The molecular formula is C28H21N7OS. The maximum atomic E-state index is 13.4. The summed E-state index contributed by atoms with van der Waals surface area (Å²) in [5, 5.41) is 6.24. The van der Waals surface area contributed by atoms with Crippen molar-refractivity contribution in [1.82, 2.24) is 29.0 Å². The molecule has 2 N–H and O–H groups in total. The molecule has 0 amide bonds. The van der Waals surface area contributed by atoms with Gasteiger partial charge in [-0.2, -0.15) is 0 Å². The van der Waals surface area contributed by atoms with Crippen LogP contribution in [0, 0.1) is 11.8 Å². The van der Waals surface area contributed by atoms with Gasteiger partial charge < -0.3 is 5.73 Å². The molecule has 6 rings (SSSR count). The zero-order valence-electron chi connectivity index (χ0n) is 19.9. The molecule has 0 bridgehead atoms. The SMILES string of the molecule is C[C@H](CC(=O)c1c(N)nn2cccnc12)c1nc2scc(C#Cc3ccncc3)n2c1-c1ccccc1. The van der Waals surface area contributed by atoms with Crippen LogP contribution in [0.25, 0.3) is 21.9 Å². The highest BCUT2D eigenvalue weighted by Gasteiger charge is 2.26. The lowest BCUT2D eigenvalue weighted by atomic mass is 9.94. The van der Waals surface area contributed by atoms with Gasteiger partial charge in [0.25, 0.3) is 0 Å². The first-order valence-corrected chi connectivity index (χ1v) is 12.6. The number of aromatic nitrogens is 6. The van der Waals surface area contributed by atoms with Gasteiger partial charge in [-0.3, -0.25) is 14.2 Å². The van der Waals surface area contributed by atoms with Gasteiger partial charge in [0.15, 0.2) is 22.2 Å². The quantitative estimate of drug-likeness (QED) is 0.266. The van der Waals surface area contributed by atoms with Crippen molar-refractivity contribution >= 4 is 33.5 Å². The molecule has 0 radical (unpaired) electrons. The fraction of sp³-hybridized carbons (Fsp3) is 0.107. The minimum Gasteiger partial charge on any atom is -0.382 e. The van der Waals surface area contributed by atoms with E-state index in [0.29, 0.717) is 11.2 Å². The van der Waals surface area contributed by atoms with Crippen LogP contribution in [0.5, 0.6) is 0 Å². The molecule has 1 aromatic carbocycles. The zero-order chi connectivity index (χ0) is 25.4. The van der Waals surface area contributed by atoms with Crippen LogP contribution in [0.15, 0.2) is 78.7 Å².